The first-order valence-electron chi connectivity index (χ1n) is 9.04. The molecule has 3 rings (SSSR count). The number of aliphatic hydroxyl groups is 1. The molecule has 0 radical (unpaired) electrons. The van der Waals surface area contributed by atoms with E-state index < -0.39 is 6.10 Å². The SMILES string of the molecule is CC[C@H]1CNCCC1CC[C@H](O)c1ccnc2ccc(OC)cc12.Cl.Cl. The summed E-state index contributed by atoms with van der Waals surface area (Å²) in [7, 11) is 1.66. The lowest BCUT2D eigenvalue weighted by molar-refractivity contribution is 0.139. The maximum Gasteiger partial charge on any atom is 0.119 e. The molecule has 1 aliphatic heterocycles. The Morgan fingerprint density at radius 1 is 1.27 bits per heavy atom. The minimum Gasteiger partial charge on any atom is -0.497 e. The fraction of sp³-hybridized carbons (Fsp3) is 0.550. The molecule has 1 saturated heterocycles. The van der Waals surface area contributed by atoms with Crippen molar-refractivity contribution in [2.75, 3.05) is 20.2 Å². The fourth-order valence-electron chi connectivity index (χ4n) is 3.93. The number of piperidine rings is 1. The van der Waals surface area contributed by atoms with E-state index in [-0.39, 0.29) is 24.8 Å². The molecule has 0 aliphatic carbocycles. The van der Waals surface area contributed by atoms with E-state index in [2.05, 4.69) is 17.2 Å². The van der Waals surface area contributed by atoms with Gasteiger partial charge in [-0.3, -0.25) is 4.98 Å². The van der Waals surface area contributed by atoms with Crippen LogP contribution in [0.1, 0.15) is 44.3 Å². The van der Waals surface area contributed by atoms with Gasteiger partial charge in [0, 0.05) is 11.6 Å². The Morgan fingerprint density at radius 3 is 2.81 bits per heavy atom. The third-order valence-electron chi connectivity index (χ3n) is 5.44. The number of aromatic nitrogens is 1. The zero-order valence-electron chi connectivity index (χ0n) is 15.5. The number of fused-ring (bicyclic) bond motifs is 1. The van der Waals surface area contributed by atoms with Crippen LogP contribution in [-0.4, -0.2) is 30.3 Å². The van der Waals surface area contributed by atoms with Crippen molar-refractivity contribution in [3.63, 3.8) is 0 Å². The molecule has 1 aromatic carbocycles. The lowest BCUT2D eigenvalue weighted by Gasteiger charge is -2.32. The maximum atomic E-state index is 10.8. The van der Waals surface area contributed by atoms with Crippen molar-refractivity contribution in [1.29, 1.82) is 0 Å². The molecule has 6 heteroatoms. The minimum absolute atomic E-state index is 0. The molecule has 2 aromatic rings. The number of ether oxygens (including phenoxy) is 1. The monoisotopic (exact) mass is 400 g/mol. The van der Waals surface area contributed by atoms with Gasteiger partial charge in [-0.25, -0.2) is 0 Å². The van der Waals surface area contributed by atoms with E-state index in [1.54, 1.807) is 13.3 Å². The molecular formula is C20H30Cl2N2O2. The normalized spacial score (nSPS) is 20.7. The molecule has 1 unspecified atom stereocenters. The molecule has 146 valence electrons. The van der Waals surface area contributed by atoms with Gasteiger partial charge < -0.3 is 15.2 Å². The topological polar surface area (TPSA) is 54.4 Å². The fourth-order valence-corrected chi connectivity index (χ4v) is 3.93. The summed E-state index contributed by atoms with van der Waals surface area (Å²) in [6, 6.07) is 7.77. The van der Waals surface area contributed by atoms with Crippen molar-refractivity contribution in [1.82, 2.24) is 10.3 Å². The standard InChI is InChI=1S/C20H28N2O2.2ClH/c1-3-14-13-21-10-8-15(14)4-7-20(23)17-9-11-22-19-6-5-16(24-2)12-18(17)19;;/h5-6,9,11-12,14-15,20-21,23H,3-4,7-8,10,13H2,1-2H3;2*1H/t14-,15?,20-;;/m0../s1. The van der Waals surface area contributed by atoms with Crippen molar-refractivity contribution in [3.8, 4) is 5.75 Å². The first kappa shape index (κ1) is 23.0. The summed E-state index contributed by atoms with van der Waals surface area (Å²) < 4.78 is 5.32. The molecule has 1 fully saturated rings. The first-order valence-corrected chi connectivity index (χ1v) is 9.04. The van der Waals surface area contributed by atoms with E-state index in [1.165, 1.54) is 12.8 Å². The number of hydrogen-bond donors (Lipinski definition) is 2. The summed E-state index contributed by atoms with van der Waals surface area (Å²) in [6.07, 6.45) is 5.65. The second-order valence-electron chi connectivity index (χ2n) is 6.80. The summed E-state index contributed by atoms with van der Waals surface area (Å²) >= 11 is 0. The molecule has 1 aromatic heterocycles. The molecule has 3 atom stereocenters. The Balaban J connectivity index is 0.00000169. The van der Waals surface area contributed by atoms with Crippen LogP contribution < -0.4 is 10.1 Å². The predicted molar refractivity (Wildman–Crippen MR) is 112 cm³/mol. The van der Waals surface area contributed by atoms with Crippen LogP contribution in [-0.2, 0) is 0 Å². The number of nitrogens with one attached hydrogen (secondary N) is 1. The van der Waals surface area contributed by atoms with Crippen LogP contribution in [0.2, 0.25) is 0 Å². The van der Waals surface area contributed by atoms with Crippen molar-refractivity contribution in [2.24, 2.45) is 11.8 Å². The highest BCUT2D eigenvalue weighted by atomic mass is 35.5. The molecule has 2 N–H and O–H groups in total. The molecule has 0 saturated carbocycles. The van der Waals surface area contributed by atoms with Crippen molar-refractivity contribution >= 4 is 35.7 Å². The number of aliphatic hydroxyl groups excluding tert-OH is 1. The third-order valence-corrected chi connectivity index (χ3v) is 5.44. The van der Waals surface area contributed by atoms with Gasteiger partial charge in [-0.15, -0.1) is 24.8 Å². The summed E-state index contributed by atoms with van der Waals surface area (Å²) in [5.41, 5.74) is 1.86. The van der Waals surface area contributed by atoms with Gasteiger partial charge in [0.05, 0.1) is 18.7 Å². The molecule has 0 bridgehead atoms. The van der Waals surface area contributed by atoms with Gasteiger partial charge in [-0.1, -0.05) is 13.3 Å². The number of pyridine rings is 1. The van der Waals surface area contributed by atoms with Crippen LogP contribution in [0, 0.1) is 11.8 Å². The van der Waals surface area contributed by atoms with Crippen LogP contribution in [0.5, 0.6) is 5.75 Å². The Bertz CT molecular complexity index is 684. The van der Waals surface area contributed by atoms with Gasteiger partial charge in [0.2, 0.25) is 0 Å². The Hall–Kier alpha value is -1.07. The smallest absolute Gasteiger partial charge is 0.119 e. The average molecular weight is 401 g/mol. The Labute approximate surface area is 168 Å². The first-order chi connectivity index (χ1) is 11.7. The highest BCUT2D eigenvalue weighted by Crippen LogP contribution is 2.33. The van der Waals surface area contributed by atoms with Crippen LogP contribution in [0.15, 0.2) is 30.5 Å². The summed E-state index contributed by atoms with van der Waals surface area (Å²) in [4.78, 5) is 4.40. The lowest BCUT2D eigenvalue weighted by atomic mass is 9.80. The quantitative estimate of drug-likeness (QED) is 0.747. The van der Waals surface area contributed by atoms with Gasteiger partial charge in [-0.05, 0) is 74.0 Å². The molecule has 4 nitrogen and oxygen atoms in total. The molecular weight excluding hydrogens is 371 g/mol. The number of benzene rings is 1. The van der Waals surface area contributed by atoms with Crippen molar-refractivity contribution < 1.29 is 9.84 Å². The Kier molecular flexibility index (Phi) is 9.66. The number of hydrogen-bond acceptors (Lipinski definition) is 4. The highest BCUT2D eigenvalue weighted by Gasteiger charge is 2.24. The third kappa shape index (κ3) is 5.23. The Morgan fingerprint density at radius 2 is 2.08 bits per heavy atom. The number of rotatable bonds is 6. The number of nitrogens with zero attached hydrogens (tertiary/aromatic N) is 1. The van der Waals surface area contributed by atoms with E-state index in [0.717, 1.165) is 54.1 Å². The van der Waals surface area contributed by atoms with Crippen LogP contribution >= 0.6 is 24.8 Å². The second kappa shape index (κ2) is 10.9. The number of halogens is 2. The molecule has 0 amide bonds. The highest BCUT2D eigenvalue weighted by molar-refractivity contribution is 5.85. The molecule has 26 heavy (non-hydrogen) atoms. The van der Waals surface area contributed by atoms with E-state index in [1.807, 2.05) is 24.3 Å². The predicted octanol–water partition coefficient (Wildman–Crippen LogP) is 4.54. The van der Waals surface area contributed by atoms with E-state index >= 15 is 0 Å². The van der Waals surface area contributed by atoms with E-state index in [9.17, 15) is 5.11 Å². The van der Waals surface area contributed by atoms with Gasteiger partial charge >= 0.3 is 0 Å². The molecule has 0 spiro atoms. The second-order valence-corrected chi connectivity index (χ2v) is 6.80. The zero-order valence-corrected chi connectivity index (χ0v) is 17.1. The largest absolute Gasteiger partial charge is 0.497 e. The minimum atomic E-state index is -0.449. The van der Waals surface area contributed by atoms with E-state index in [0.29, 0.717) is 5.92 Å². The van der Waals surface area contributed by atoms with Crippen LogP contribution in [0.3, 0.4) is 0 Å². The zero-order chi connectivity index (χ0) is 16.9. The van der Waals surface area contributed by atoms with Gasteiger partial charge in [0.1, 0.15) is 5.75 Å². The van der Waals surface area contributed by atoms with Crippen LogP contribution in [0.4, 0.5) is 0 Å². The van der Waals surface area contributed by atoms with Crippen LogP contribution in [0.25, 0.3) is 10.9 Å². The van der Waals surface area contributed by atoms with Gasteiger partial charge in [-0.2, -0.15) is 0 Å². The van der Waals surface area contributed by atoms with Gasteiger partial charge in [0.15, 0.2) is 0 Å². The van der Waals surface area contributed by atoms with Crippen molar-refractivity contribution in [3.05, 3.63) is 36.0 Å². The lowest BCUT2D eigenvalue weighted by Crippen LogP contribution is -2.36. The molecule has 2 heterocycles. The van der Waals surface area contributed by atoms with Crippen molar-refractivity contribution in [2.45, 2.75) is 38.7 Å². The average Bonchev–Trinajstić information content (AvgIpc) is 2.65. The van der Waals surface area contributed by atoms with E-state index in [4.69, 9.17) is 4.74 Å². The molecule has 1 aliphatic rings. The maximum absolute atomic E-state index is 10.8. The summed E-state index contributed by atoms with van der Waals surface area (Å²) in [6.45, 7) is 4.49. The number of methoxy groups -OCH3 is 1. The van der Waals surface area contributed by atoms with Gasteiger partial charge in [0.25, 0.3) is 0 Å². The summed E-state index contributed by atoms with van der Waals surface area (Å²) in [5, 5.41) is 15.3. The summed E-state index contributed by atoms with van der Waals surface area (Å²) in [5.74, 6) is 2.25.